The Morgan fingerprint density at radius 2 is 1.00 bits per heavy atom. The standard InChI is InChI=1S/OS.2Ru/c1-2;;. The first-order valence-corrected chi connectivity index (χ1v) is 0.500. The van der Waals surface area contributed by atoms with Crippen molar-refractivity contribution >= 4 is 12.5 Å². The van der Waals surface area contributed by atoms with E-state index in [1.54, 1.807) is 0 Å². The van der Waals surface area contributed by atoms with Gasteiger partial charge in [0.05, 0.1) is 0 Å². The molecule has 0 bridgehead atoms. The van der Waals surface area contributed by atoms with Gasteiger partial charge in [-0.25, -0.2) is 0 Å². The summed E-state index contributed by atoms with van der Waals surface area (Å²) in [6, 6.07) is 0. The van der Waals surface area contributed by atoms with Crippen LogP contribution in [0, 0.1) is 0 Å². The van der Waals surface area contributed by atoms with Gasteiger partial charge >= 0.3 is 0 Å². The van der Waals surface area contributed by atoms with Crippen LogP contribution < -0.4 is 0 Å². The Hall–Kier alpha value is 1.27. The first-order chi connectivity index (χ1) is 1.00. The molecule has 1 nitrogen and oxygen atoms in total. The van der Waals surface area contributed by atoms with E-state index < -0.39 is 0 Å². The second-order valence-electron chi connectivity index (χ2n) is 0. The molecule has 4 heteroatoms. The summed E-state index contributed by atoms with van der Waals surface area (Å²) in [5.41, 5.74) is 0. The maximum absolute atomic E-state index is 7.83. The van der Waals surface area contributed by atoms with Gasteiger partial charge in [-0.05, 0) is 0 Å². The molecule has 0 aromatic heterocycles. The van der Waals surface area contributed by atoms with Gasteiger partial charge in [0.25, 0.3) is 0 Å². The van der Waals surface area contributed by atoms with Gasteiger partial charge in [0.2, 0.25) is 0 Å². The van der Waals surface area contributed by atoms with Crippen molar-refractivity contribution in [3.8, 4) is 0 Å². The Labute approximate surface area is 55.6 Å². The van der Waals surface area contributed by atoms with E-state index in [0.717, 1.165) is 0 Å². The summed E-state index contributed by atoms with van der Waals surface area (Å²) >= 11 is 2.83. The van der Waals surface area contributed by atoms with E-state index in [4.69, 9.17) is 4.21 Å². The molecule has 0 aliphatic rings. The Bertz CT molecular complexity index is 6.00. The zero-order valence-electron chi connectivity index (χ0n) is 1.52. The van der Waals surface area contributed by atoms with Crippen molar-refractivity contribution < 1.29 is 43.2 Å². The molecule has 28 valence electrons. The molecule has 0 aliphatic carbocycles. The fraction of sp³-hybridized carbons (Fsp3) is 0. The van der Waals surface area contributed by atoms with Crippen LogP contribution in [0.15, 0.2) is 0 Å². The second-order valence-corrected chi connectivity index (χ2v) is 0. The van der Waals surface area contributed by atoms with Gasteiger partial charge in [-0.2, -0.15) is 4.21 Å². The quantitative estimate of drug-likeness (QED) is 0.547. The minimum Gasteiger partial charge on any atom is -0.197 e. The maximum atomic E-state index is 7.83. The van der Waals surface area contributed by atoms with Crippen LogP contribution >= 0.6 is 0 Å². The predicted octanol–water partition coefficient (Wildman–Crippen LogP) is -0.341. The van der Waals surface area contributed by atoms with E-state index in [-0.39, 0.29) is 39.0 Å². The SMILES string of the molecule is O=S.[Ru].[Ru]. The van der Waals surface area contributed by atoms with Crippen molar-refractivity contribution in [3.05, 3.63) is 0 Å². The van der Waals surface area contributed by atoms with E-state index >= 15 is 0 Å². The average Bonchev–Trinajstić information content (AvgIpc) is 1.00. The molecule has 0 N–H and O–H groups in total. The van der Waals surface area contributed by atoms with Crippen molar-refractivity contribution in [1.82, 2.24) is 0 Å². The monoisotopic (exact) mass is 252 g/mol. The average molecular weight is 250 g/mol. The van der Waals surface area contributed by atoms with Crippen LogP contribution in [0.1, 0.15) is 0 Å². The molecular formula is ORu2S. The molecular weight excluding hydrogens is 250 g/mol. The smallest absolute Gasteiger partial charge is 0.197 e. The first kappa shape index (κ1) is 18.7. The third-order valence-corrected chi connectivity index (χ3v) is 0. The topological polar surface area (TPSA) is 17.1 Å². The van der Waals surface area contributed by atoms with Crippen LogP contribution in [-0.4, -0.2) is 4.21 Å². The Morgan fingerprint density at radius 1 is 1.00 bits per heavy atom. The van der Waals surface area contributed by atoms with Gasteiger partial charge in [-0.15, -0.1) is 0 Å². The summed E-state index contributed by atoms with van der Waals surface area (Å²) < 4.78 is 7.83. The largest absolute Gasteiger partial charge is 0.197 e. The summed E-state index contributed by atoms with van der Waals surface area (Å²) in [5.74, 6) is 0. The number of hydrogen-bond donors (Lipinski definition) is 0. The minimum absolute atomic E-state index is 0. The Balaban J connectivity index is -0.00000000500. The molecule has 0 unspecified atom stereocenters. The summed E-state index contributed by atoms with van der Waals surface area (Å²) in [5, 5.41) is 0. The van der Waals surface area contributed by atoms with Crippen molar-refractivity contribution in [2.75, 3.05) is 0 Å². The van der Waals surface area contributed by atoms with E-state index in [0.29, 0.717) is 0 Å². The molecule has 0 radical (unpaired) electrons. The maximum Gasteiger partial charge on any atom is 0.197 e. The molecule has 0 aromatic carbocycles. The second kappa shape index (κ2) is 28.4. The molecule has 0 heterocycles. The summed E-state index contributed by atoms with van der Waals surface area (Å²) in [6.45, 7) is 0. The summed E-state index contributed by atoms with van der Waals surface area (Å²) in [6.07, 6.45) is 0. The van der Waals surface area contributed by atoms with Crippen LogP contribution in [-0.2, 0) is 51.5 Å². The minimum atomic E-state index is 0. The molecule has 0 saturated carbocycles. The molecule has 0 atom stereocenters. The Morgan fingerprint density at radius 3 is 1.00 bits per heavy atom. The van der Waals surface area contributed by atoms with E-state index in [9.17, 15) is 0 Å². The molecule has 0 aliphatic heterocycles. The zero-order chi connectivity index (χ0) is 2.00. The van der Waals surface area contributed by atoms with Crippen LogP contribution in [0.2, 0.25) is 0 Å². The van der Waals surface area contributed by atoms with E-state index in [1.807, 2.05) is 0 Å². The van der Waals surface area contributed by atoms with Gasteiger partial charge in [-0.3, -0.25) is 0 Å². The van der Waals surface area contributed by atoms with Crippen molar-refractivity contribution in [1.29, 1.82) is 0 Å². The molecule has 0 spiro atoms. The normalized spacial score (nSPS) is 1.00. The third kappa shape index (κ3) is 10.5. The van der Waals surface area contributed by atoms with Crippen LogP contribution in [0.4, 0.5) is 0 Å². The zero-order valence-corrected chi connectivity index (χ0v) is 5.82. The fourth-order valence-corrected chi connectivity index (χ4v) is 0. The Kier molecular flexibility index (Phi) is 132. The number of rotatable bonds is 0. The fourth-order valence-electron chi connectivity index (χ4n) is 0. The summed E-state index contributed by atoms with van der Waals surface area (Å²) in [7, 11) is 0. The molecule has 4 heavy (non-hydrogen) atoms. The van der Waals surface area contributed by atoms with Crippen LogP contribution in [0.3, 0.4) is 0 Å². The van der Waals surface area contributed by atoms with Gasteiger partial charge in [0.1, 0.15) is 0 Å². The third-order valence-electron chi connectivity index (χ3n) is 0. The van der Waals surface area contributed by atoms with E-state index in [2.05, 4.69) is 12.5 Å². The van der Waals surface area contributed by atoms with Crippen molar-refractivity contribution in [3.63, 3.8) is 0 Å². The first-order valence-electron chi connectivity index (χ1n) is 0.167. The molecule has 0 amide bonds. The predicted molar refractivity (Wildman–Crippen MR) is 8.14 cm³/mol. The molecule has 0 saturated heterocycles. The van der Waals surface area contributed by atoms with E-state index in [1.165, 1.54) is 0 Å². The van der Waals surface area contributed by atoms with Crippen molar-refractivity contribution in [2.45, 2.75) is 0 Å². The molecule has 0 fully saturated rings. The van der Waals surface area contributed by atoms with Gasteiger partial charge < -0.3 is 0 Å². The van der Waals surface area contributed by atoms with Gasteiger partial charge in [0.15, 0.2) is 12.5 Å². The van der Waals surface area contributed by atoms with Gasteiger partial charge in [-0.1, -0.05) is 0 Å². The van der Waals surface area contributed by atoms with Gasteiger partial charge in [0, 0.05) is 39.0 Å². The number of hydrogen-bond acceptors (Lipinski definition) is 2. The van der Waals surface area contributed by atoms with Crippen LogP contribution in [0.5, 0.6) is 0 Å². The molecule has 0 rings (SSSR count). The van der Waals surface area contributed by atoms with Crippen LogP contribution in [0.25, 0.3) is 0 Å². The summed E-state index contributed by atoms with van der Waals surface area (Å²) in [4.78, 5) is 0. The van der Waals surface area contributed by atoms with Crippen molar-refractivity contribution in [2.24, 2.45) is 0 Å². The molecule has 0 aromatic rings.